The van der Waals surface area contributed by atoms with Gasteiger partial charge in [0.25, 0.3) is 5.91 Å². The number of amides is 1. The molecular weight excluding hydrogens is 364 g/mol. The van der Waals surface area contributed by atoms with Gasteiger partial charge in [-0.25, -0.2) is 0 Å². The molecule has 0 aliphatic heterocycles. The summed E-state index contributed by atoms with van der Waals surface area (Å²) in [6, 6.07) is 21.1. The van der Waals surface area contributed by atoms with Crippen LogP contribution in [0.1, 0.15) is 20.1 Å². The second kappa shape index (κ2) is 8.60. The van der Waals surface area contributed by atoms with Crippen molar-refractivity contribution < 1.29 is 9.53 Å². The van der Waals surface area contributed by atoms with Crippen LogP contribution in [0.2, 0.25) is 0 Å². The molecule has 2 N–H and O–H groups in total. The minimum absolute atomic E-state index is 0.211. The normalized spacial score (nSPS) is 10.2. The predicted octanol–water partition coefficient (Wildman–Crippen LogP) is 4.76. The van der Waals surface area contributed by atoms with Crippen LogP contribution in [-0.4, -0.2) is 11.0 Å². The number of thiophene rings is 1. The molecule has 0 radical (unpaired) electrons. The van der Waals surface area contributed by atoms with Gasteiger partial charge in [-0.3, -0.25) is 10.1 Å². The molecule has 3 aromatic rings. The molecule has 3 rings (SSSR count). The van der Waals surface area contributed by atoms with Gasteiger partial charge in [-0.1, -0.05) is 36.4 Å². The van der Waals surface area contributed by atoms with E-state index in [2.05, 4.69) is 10.6 Å². The fourth-order valence-corrected chi connectivity index (χ4v) is 3.26. The Kier molecular flexibility index (Phi) is 5.99. The predicted molar refractivity (Wildman–Crippen MR) is 110 cm³/mol. The molecule has 1 heterocycles. The summed E-state index contributed by atoms with van der Waals surface area (Å²) >= 11 is 6.66. The Hall–Kier alpha value is -2.70. The van der Waals surface area contributed by atoms with Crippen molar-refractivity contribution in [3.63, 3.8) is 0 Å². The van der Waals surface area contributed by atoms with Gasteiger partial charge in [0.05, 0.1) is 4.88 Å². The summed E-state index contributed by atoms with van der Waals surface area (Å²) in [6.45, 7) is 2.45. The monoisotopic (exact) mass is 382 g/mol. The van der Waals surface area contributed by atoms with E-state index in [1.54, 1.807) is 6.07 Å². The topological polar surface area (TPSA) is 50.4 Å². The maximum atomic E-state index is 12.1. The smallest absolute Gasteiger partial charge is 0.267 e. The zero-order valence-corrected chi connectivity index (χ0v) is 15.8. The van der Waals surface area contributed by atoms with Crippen molar-refractivity contribution in [1.29, 1.82) is 0 Å². The van der Waals surface area contributed by atoms with E-state index in [0.717, 1.165) is 21.9 Å². The van der Waals surface area contributed by atoms with Crippen molar-refractivity contribution in [2.75, 3.05) is 5.32 Å². The third-order valence-corrected chi connectivity index (χ3v) is 4.74. The lowest BCUT2D eigenvalue weighted by Gasteiger charge is -2.11. The molecule has 0 bridgehead atoms. The summed E-state index contributed by atoms with van der Waals surface area (Å²) in [6.07, 6.45) is 0. The quantitative estimate of drug-likeness (QED) is 0.625. The molecule has 0 aliphatic rings. The Balaban J connectivity index is 1.56. The second-order valence-electron chi connectivity index (χ2n) is 5.62. The number of benzene rings is 2. The largest absolute Gasteiger partial charge is 0.489 e. The van der Waals surface area contributed by atoms with Crippen molar-refractivity contribution in [2.45, 2.75) is 13.5 Å². The second-order valence-corrected chi connectivity index (χ2v) is 7.32. The molecule has 0 atom stereocenters. The van der Waals surface area contributed by atoms with Crippen molar-refractivity contribution in [3.05, 3.63) is 82.0 Å². The molecule has 0 saturated carbocycles. The molecule has 4 nitrogen and oxygen atoms in total. The number of carbonyl (C=O) groups is 1. The van der Waals surface area contributed by atoms with E-state index >= 15 is 0 Å². The summed E-state index contributed by atoms with van der Waals surface area (Å²) < 4.78 is 5.80. The lowest BCUT2D eigenvalue weighted by Crippen LogP contribution is -2.33. The third kappa shape index (κ3) is 5.15. The van der Waals surface area contributed by atoms with Crippen LogP contribution in [-0.2, 0) is 6.61 Å². The van der Waals surface area contributed by atoms with E-state index in [0.29, 0.717) is 11.5 Å². The number of aryl methyl sites for hydroxylation is 1. The van der Waals surface area contributed by atoms with E-state index in [9.17, 15) is 4.79 Å². The van der Waals surface area contributed by atoms with Crippen LogP contribution in [0.15, 0.2) is 66.7 Å². The van der Waals surface area contributed by atoms with E-state index in [1.165, 1.54) is 11.3 Å². The zero-order chi connectivity index (χ0) is 18.4. The standard InChI is InChI=1S/C20H18N2O2S2/c1-14-10-11-18(26-14)19(23)22-20(25)21-16-8-5-9-17(12-16)24-13-15-6-3-2-4-7-15/h2-12H,13H2,1H3,(H2,21,22,23,25). The highest BCUT2D eigenvalue weighted by Crippen LogP contribution is 2.19. The first-order chi connectivity index (χ1) is 12.6. The number of hydrogen-bond donors (Lipinski definition) is 2. The van der Waals surface area contributed by atoms with Crippen LogP contribution in [0.25, 0.3) is 0 Å². The number of ether oxygens (including phenoxy) is 1. The van der Waals surface area contributed by atoms with Gasteiger partial charge in [0.15, 0.2) is 5.11 Å². The highest BCUT2D eigenvalue weighted by Gasteiger charge is 2.10. The first-order valence-electron chi connectivity index (χ1n) is 8.06. The highest BCUT2D eigenvalue weighted by molar-refractivity contribution is 7.80. The minimum atomic E-state index is -0.211. The molecule has 132 valence electrons. The minimum Gasteiger partial charge on any atom is -0.489 e. The van der Waals surface area contributed by atoms with E-state index in [1.807, 2.05) is 67.6 Å². The average Bonchev–Trinajstić information content (AvgIpc) is 3.08. The van der Waals surface area contributed by atoms with Crippen LogP contribution < -0.4 is 15.4 Å². The van der Waals surface area contributed by atoms with Crippen LogP contribution >= 0.6 is 23.6 Å². The van der Waals surface area contributed by atoms with Crippen molar-refractivity contribution in [2.24, 2.45) is 0 Å². The van der Waals surface area contributed by atoms with Crippen molar-refractivity contribution in [1.82, 2.24) is 5.32 Å². The average molecular weight is 383 g/mol. The Morgan fingerprint density at radius 1 is 1.08 bits per heavy atom. The van der Waals surface area contributed by atoms with Gasteiger partial charge in [-0.15, -0.1) is 11.3 Å². The van der Waals surface area contributed by atoms with Gasteiger partial charge in [-0.2, -0.15) is 0 Å². The maximum Gasteiger partial charge on any atom is 0.267 e. The Morgan fingerprint density at radius 3 is 2.62 bits per heavy atom. The molecule has 6 heteroatoms. The van der Waals surface area contributed by atoms with E-state index in [-0.39, 0.29) is 11.0 Å². The third-order valence-electron chi connectivity index (χ3n) is 3.53. The van der Waals surface area contributed by atoms with Gasteiger partial charge in [0, 0.05) is 16.6 Å². The van der Waals surface area contributed by atoms with Gasteiger partial charge in [0.2, 0.25) is 0 Å². The molecule has 0 saturated heterocycles. The van der Waals surface area contributed by atoms with Gasteiger partial charge in [0.1, 0.15) is 12.4 Å². The van der Waals surface area contributed by atoms with Crippen molar-refractivity contribution in [3.8, 4) is 5.75 Å². The maximum absolute atomic E-state index is 12.1. The number of thiocarbonyl (C=S) groups is 1. The Bertz CT molecular complexity index is 907. The molecule has 0 unspecified atom stereocenters. The fraction of sp³-hybridized carbons (Fsp3) is 0.100. The summed E-state index contributed by atoms with van der Waals surface area (Å²) in [5, 5.41) is 5.95. The van der Waals surface area contributed by atoms with Gasteiger partial charge >= 0.3 is 0 Å². The number of anilines is 1. The zero-order valence-electron chi connectivity index (χ0n) is 14.2. The summed E-state index contributed by atoms with van der Waals surface area (Å²) in [7, 11) is 0. The fourth-order valence-electron chi connectivity index (χ4n) is 2.29. The van der Waals surface area contributed by atoms with E-state index < -0.39 is 0 Å². The molecule has 1 aromatic heterocycles. The number of nitrogens with one attached hydrogen (secondary N) is 2. The molecule has 0 spiro atoms. The molecular formula is C20H18N2O2S2. The lowest BCUT2D eigenvalue weighted by molar-refractivity contribution is 0.0981. The Morgan fingerprint density at radius 2 is 1.88 bits per heavy atom. The summed E-state index contributed by atoms with van der Waals surface area (Å²) in [5.41, 5.74) is 1.85. The molecule has 26 heavy (non-hydrogen) atoms. The van der Waals surface area contributed by atoms with Gasteiger partial charge < -0.3 is 10.1 Å². The first-order valence-corrected chi connectivity index (χ1v) is 9.28. The highest BCUT2D eigenvalue weighted by atomic mass is 32.1. The summed E-state index contributed by atoms with van der Waals surface area (Å²) in [5.74, 6) is 0.513. The SMILES string of the molecule is Cc1ccc(C(=O)NC(=S)Nc2cccc(OCc3ccccc3)c2)s1. The first kappa shape index (κ1) is 18.1. The van der Waals surface area contributed by atoms with Gasteiger partial charge in [-0.05, 0) is 49.0 Å². The number of carbonyl (C=O) groups excluding carboxylic acids is 1. The molecule has 0 aliphatic carbocycles. The van der Waals surface area contributed by atoms with Crippen LogP contribution in [0.4, 0.5) is 5.69 Å². The molecule has 0 fully saturated rings. The molecule has 1 amide bonds. The van der Waals surface area contributed by atoms with Crippen LogP contribution in [0.3, 0.4) is 0 Å². The van der Waals surface area contributed by atoms with Crippen molar-refractivity contribution >= 4 is 40.3 Å². The Labute approximate surface area is 161 Å². The lowest BCUT2D eigenvalue weighted by atomic mass is 10.2. The van der Waals surface area contributed by atoms with Crippen LogP contribution in [0, 0.1) is 6.92 Å². The van der Waals surface area contributed by atoms with E-state index in [4.69, 9.17) is 17.0 Å². The summed E-state index contributed by atoms with van der Waals surface area (Å²) in [4.78, 5) is 13.8. The van der Waals surface area contributed by atoms with Crippen LogP contribution in [0.5, 0.6) is 5.75 Å². The molecule has 2 aromatic carbocycles. The number of hydrogen-bond acceptors (Lipinski definition) is 4. The number of rotatable bonds is 5.